The SMILES string of the molecule is CCc1nncn1CCNC(=NC)NCc1cccc(C(=O)NC(C)CC)c1.I. The van der Waals surface area contributed by atoms with Crippen LogP contribution in [0.3, 0.4) is 0 Å². The van der Waals surface area contributed by atoms with Crippen LogP contribution < -0.4 is 16.0 Å². The van der Waals surface area contributed by atoms with Crippen LogP contribution in [0.2, 0.25) is 0 Å². The number of nitrogens with zero attached hydrogens (tertiary/aromatic N) is 4. The van der Waals surface area contributed by atoms with Gasteiger partial charge in [-0.25, -0.2) is 0 Å². The zero-order valence-electron chi connectivity index (χ0n) is 17.6. The van der Waals surface area contributed by atoms with Crippen LogP contribution in [-0.2, 0) is 19.5 Å². The molecule has 0 aliphatic rings. The Bertz CT molecular complexity index is 791. The molecule has 1 unspecified atom stereocenters. The van der Waals surface area contributed by atoms with Crippen molar-refractivity contribution in [3.63, 3.8) is 0 Å². The van der Waals surface area contributed by atoms with E-state index in [9.17, 15) is 4.79 Å². The maximum absolute atomic E-state index is 12.3. The van der Waals surface area contributed by atoms with Gasteiger partial charge < -0.3 is 20.5 Å². The topological polar surface area (TPSA) is 96.2 Å². The number of carbonyl (C=O) groups is 1. The lowest BCUT2D eigenvalue weighted by Crippen LogP contribution is -2.38. The van der Waals surface area contributed by atoms with Gasteiger partial charge in [0.05, 0.1) is 0 Å². The molecule has 2 aromatic rings. The number of benzene rings is 1. The first kappa shape index (κ1) is 24.9. The fourth-order valence-corrected chi connectivity index (χ4v) is 2.67. The third-order valence-electron chi connectivity index (χ3n) is 4.52. The number of amides is 1. The minimum atomic E-state index is -0.0422. The molecule has 0 aliphatic carbocycles. The van der Waals surface area contributed by atoms with Gasteiger partial charge >= 0.3 is 0 Å². The van der Waals surface area contributed by atoms with Crippen molar-refractivity contribution in [1.29, 1.82) is 0 Å². The lowest BCUT2D eigenvalue weighted by molar-refractivity contribution is 0.0939. The van der Waals surface area contributed by atoms with Crippen molar-refractivity contribution in [2.24, 2.45) is 4.99 Å². The van der Waals surface area contributed by atoms with Gasteiger partial charge in [-0.15, -0.1) is 34.2 Å². The molecule has 1 amide bonds. The number of aryl methyl sites for hydroxylation is 1. The molecule has 3 N–H and O–H groups in total. The van der Waals surface area contributed by atoms with Crippen LogP contribution in [0.1, 0.15) is 48.9 Å². The summed E-state index contributed by atoms with van der Waals surface area (Å²) in [4.78, 5) is 16.5. The summed E-state index contributed by atoms with van der Waals surface area (Å²) in [5, 5.41) is 17.6. The third-order valence-corrected chi connectivity index (χ3v) is 4.52. The molecule has 2 rings (SSSR count). The van der Waals surface area contributed by atoms with Gasteiger partial charge in [-0.1, -0.05) is 26.0 Å². The number of carbonyl (C=O) groups excluding carboxylic acids is 1. The maximum atomic E-state index is 12.3. The Hall–Kier alpha value is -2.17. The monoisotopic (exact) mass is 513 g/mol. The first-order chi connectivity index (χ1) is 13.6. The second-order valence-corrected chi connectivity index (χ2v) is 6.63. The van der Waals surface area contributed by atoms with Gasteiger partial charge in [-0.3, -0.25) is 9.79 Å². The Kier molecular flexibility index (Phi) is 11.3. The van der Waals surface area contributed by atoms with E-state index in [1.54, 1.807) is 13.4 Å². The van der Waals surface area contributed by atoms with E-state index in [0.29, 0.717) is 24.6 Å². The second kappa shape index (κ2) is 13.1. The highest BCUT2D eigenvalue weighted by Crippen LogP contribution is 2.06. The van der Waals surface area contributed by atoms with Crippen molar-refractivity contribution in [2.45, 2.75) is 52.7 Å². The van der Waals surface area contributed by atoms with Crippen LogP contribution in [-0.4, -0.2) is 46.3 Å². The Morgan fingerprint density at radius 3 is 2.76 bits per heavy atom. The number of aliphatic imine (C=N–C) groups is 1. The van der Waals surface area contributed by atoms with E-state index in [4.69, 9.17) is 0 Å². The number of hydrogen-bond donors (Lipinski definition) is 3. The molecule has 0 radical (unpaired) electrons. The van der Waals surface area contributed by atoms with Crippen LogP contribution in [0.5, 0.6) is 0 Å². The Morgan fingerprint density at radius 2 is 2.07 bits per heavy atom. The van der Waals surface area contributed by atoms with Gasteiger partial charge in [0.25, 0.3) is 5.91 Å². The van der Waals surface area contributed by atoms with Gasteiger partial charge in [-0.2, -0.15) is 0 Å². The molecule has 1 aromatic carbocycles. The van der Waals surface area contributed by atoms with Gasteiger partial charge in [0, 0.05) is 44.7 Å². The number of aromatic nitrogens is 3. The van der Waals surface area contributed by atoms with E-state index in [1.165, 1.54) is 0 Å². The van der Waals surface area contributed by atoms with Crippen molar-refractivity contribution < 1.29 is 4.79 Å². The molecule has 160 valence electrons. The fourth-order valence-electron chi connectivity index (χ4n) is 2.67. The summed E-state index contributed by atoms with van der Waals surface area (Å²) in [6.07, 6.45) is 3.50. The van der Waals surface area contributed by atoms with Crippen molar-refractivity contribution in [3.05, 3.63) is 47.5 Å². The summed E-state index contributed by atoms with van der Waals surface area (Å²) >= 11 is 0. The molecule has 1 aromatic heterocycles. The average molecular weight is 513 g/mol. The van der Waals surface area contributed by atoms with Crippen molar-refractivity contribution in [3.8, 4) is 0 Å². The van der Waals surface area contributed by atoms with E-state index in [1.807, 2.05) is 35.8 Å². The molecular formula is C20H32IN7O. The van der Waals surface area contributed by atoms with E-state index < -0.39 is 0 Å². The number of rotatable bonds is 9. The third kappa shape index (κ3) is 8.00. The average Bonchev–Trinajstić information content (AvgIpc) is 3.18. The quantitative estimate of drug-likeness (QED) is 0.272. The lowest BCUT2D eigenvalue weighted by atomic mass is 10.1. The van der Waals surface area contributed by atoms with Gasteiger partial charge in [0.1, 0.15) is 12.2 Å². The Morgan fingerprint density at radius 1 is 1.28 bits per heavy atom. The van der Waals surface area contributed by atoms with E-state index in [2.05, 4.69) is 45.0 Å². The van der Waals surface area contributed by atoms with Gasteiger partial charge in [0.15, 0.2) is 5.96 Å². The van der Waals surface area contributed by atoms with Crippen molar-refractivity contribution in [1.82, 2.24) is 30.7 Å². The minimum absolute atomic E-state index is 0. The summed E-state index contributed by atoms with van der Waals surface area (Å²) in [5.41, 5.74) is 1.69. The smallest absolute Gasteiger partial charge is 0.251 e. The molecular weight excluding hydrogens is 481 g/mol. The lowest BCUT2D eigenvalue weighted by Gasteiger charge is -2.14. The summed E-state index contributed by atoms with van der Waals surface area (Å²) in [5.74, 6) is 1.64. The Balaban J connectivity index is 0.00000420. The fraction of sp³-hybridized carbons (Fsp3) is 0.500. The zero-order chi connectivity index (χ0) is 20.4. The van der Waals surface area contributed by atoms with E-state index >= 15 is 0 Å². The molecule has 9 heteroatoms. The summed E-state index contributed by atoms with van der Waals surface area (Å²) in [6.45, 7) is 8.17. The minimum Gasteiger partial charge on any atom is -0.355 e. The summed E-state index contributed by atoms with van der Waals surface area (Å²) in [6, 6.07) is 7.79. The van der Waals surface area contributed by atoms with Crippen LogP contribution in [0.4, 0.5) is 0 Å². The van der Waals surface area contributed by atoms with Crippen LogP contribution in [0.15, 0.2) is 35.6 Å². The molecule has 0 bridgehead atoms. The predicted molar refractivity (Wildman–Crippen MR) is 127 cm³/mol. The number of hydrogen-bond acceptors (Lipinski definition) is 4. The molecule has 0 saturated carbocycles. The number of guanidine groups is 1. The van der Waals surface area contributed by atoms with Gasteiger partial charge in [0.2, 0.25) is 0 Å². The van der Waals surface area contributed by atoms with Gasteiger partial charge in [-0.05, 0) is 31.0 Å². The highest BCUT2D eigenvalue weighted by molar-refractivity contribution is 14.0. The first-order valence-electron chi connectivity index (χ1n) is 9.78. The van der Waals surface area contributed by atoms with E-state index in [-0.39, 0.29) is 35.9 Å². The largest absolute Gasteiger partial charge is 0.355 e. The van der Waals surface area contributed by atoms with Crippen molar-refractivity contribution in [2.75, 3.05) is 13.6 Å². The molecule has 0 spiro atoms. The van der Waals surface area contributed by atoms with Crippen LogP contribution in [0, 0.1) is 0 Å². The summed E-state index contributed by atoms with van der Waals surface area (Å²) in [7, 11) is 1.74. The van der Waals surface area contributed by atoms with E-state index in [0.717, 1.165) is 30.8 Å². The standard InChI is InChI=1S/C20H31N7O.HI/c1-5-15(3)25-19(28)17-9-7-8-16(12-17)13-23-20(21-4)22-10-11-27-14-24-26-18(27)6-2;/h7-9,12,14-15H,5-6,10-11,13H2,1-4H3,(H,25,28)(H2,21,22,23);1H. The number of halogens is 1. The second-order valence-electron chi connectivity index (χ2n) is 6.63. The molecule has 8 nitrogen and oxygen atoms in total. The maximum Gasteiger partial charge on any atom is 0.251 e. The highest BCUT2D eigenvalue weighted by atomic mass is 127. The molecule has 1 atom stereocenters. The predicted octanol–water partition coefficient (Wildman–Crippen LogP) is 2.35. The molecule has 0 saturated heterocycles. The summed E-state index contributed by atoms with van der Waals surface area (Å²) < 4.78 is 2.03. The normalized spacial score (nSPS) is 12.1. The first-order valence-corrected chi connectivity index (χ1v) is 9.78. The van der Waals surface area contributed by atoms with Crippen LogP contribution in [0.25, 0.3) is 0 Å². The molecule has 0 aliphatic heterocycles. The Labute approximate surface area is 190 Å². The van der Waals surface area contributed by atoms with Crippen LogP contribution >= 0.6 is 24.0 Å². The molecule has 29 heavy (non-hydrogen) atoms. The highest BCUT2D eigenvalue weighted by Gasteiger charge is 2.09. The molecule has 0 fully saturated rings. The van der Waals surface area contributed by atoms with Crippen molar-refractivity contribution >= 4 is 35.8 Å². The zero-order valence-corrected chi connectivity index (χ0v) is 19.9. The number of nitrogens with one attached hydrogen (secondary N) is 3. The molecule has 1 heterocycles.